The van der Waals surface area contributed by atoms with Crippen molar-refractivity contribution < 1.29 is 15.0 Å². The number of hydrogen-bond donors (Lipinski definition) is 2. The zero-order valence-corrected chi connectivity index (χ0v) is 9.58. The van der Waals surface area contributed by atoms with Gasteiger partial charge in [-0.15, -0.1) is 0 Å². The highest BCUT2D eigenvalue weighted by atomic mass is 16.3. The SMILES string of the molecule is CCCN(CC)C1=C(O)C(=O)C(C)(O)C1. The first-order valence-corrected chi connectivity index (χ1v) is 5.38. The molecule has 4 nitrogen and oxygen atoms in total. The lowest BCUT2D eigenvalue weighted by molar-refractivity contribution is -0.132. The molecular formula is C11H19NO3. The first kappa shape index (κ1) is 12.0. The molecule has 0 heterocycles. The highest BCUT2D eigenvalue weighted by Gasteiger charge is 2.43. The summed E-state index contributed by atoms with van der Waals surface area (Å²) in [6.45, 7) is 6.97. The first-order chi connectivity index (χ1) is 6.94. The lowest BCUT2D eigenvalue weighted by atomic mass is 10.0. The van der Waals surface area contributed by atoms with Crippen molar-refractivity contribution in [3.8, 4) is 0 Å². The molecule has 1 aliphatic rings. The van der Waals surface area contributed by atoms with Gasteiger partial charge in [0.25, 0.3) is 0 Å². The Morgan fingerprint density at radius 2 is 2.07 bits per heavy atom. The Balaban J connectivity index is 2.91. The number of nitrogens with zero attached hydrogens (tertiary/aromatic N) is 1. The average Bonchev–Trinajstić information content (AvgIpc) is 2.39. The molecule has 0 saturated carbocycles. The second-order valence-corrected chi connectivity index (χ2v) is 4.15. The van der Waals surface area contributed by atoms with E-state index in [9.17, 15) is 15.0 Å². The van der Waals surface area contributed by atoms with E-state index in [0.29, 0.717) is 5.70 Å². The van der Waals surface area contributed by atoms with Crippen LogP contribution in [0.3, 0.4) is 0 Å². The number of Topliss-reactive ketones (excluding diaryl/α,β-unsaturated/α-hetero) is 1. The van der Waals surface area contributed by atoms with Gasteiger partial charge in [0.05, 0.1) is 5.70 Å². The van der Waals surface area contributed by atoms with Crippen LogP contribution in [0.4, 0.5) is 0 Å². The first-order valence-electron chi connectivity index (χ1n) is 5.38. The molecule has 0 aromatic carbocycles. The zero-order valence-electron chi connectivity index (χ0n) is 9.58. The molecule has 0 bridgehead atoms. The molecule has 2 N–H and O–H groups in total. The molecule has 0 aromatic rings. The van der Waals surface area contributed by atoms with Gasteiger partial charge in [-0.1, -0.05) is 6.92 Å². The predicted molar refractivity (Wildman–Crippen MR) is 57.4 cm³/mol. The Bertz CT molecular complexity index is 294. The molecule has 0 aromatic heterocycles. The molecular weight excluding hydrogens is 194 g/mol. The normalized spacial score (nSPS) is 26.3. The van der Waals surface area contributed by atoms with Gasteiger partial charge in [-0.25, -0.2) is 0 Å². The molecule has 15 heavy (non-hydrogen) atoms. The Morgan fingerprint density at radius 3 is 2.40 bits per heavy atom. The van der Waals surface area contributed by atoms with Crippen molar-refractivity contribution in [2.45, 2.75) is 39.2 Å². The molecule has 1 rings (SSSR count). The number of carbonyl (C=O) groups is 1. The number of hydrogen-bond acceptors (Lipinski definition) is 4. The van der Waals surface area contributed by atoms with Crippen LogP contribution in [-0.4, -0.2) is 39.6 Å². The van der Waals surface area contributed by atoms with Crippen LogP contribution >= 0.6 is 0 Å². The molecule has 0 saturated heterocycles. The van der Waals surface area contributed by atoms with Crippen molar-refractivity contribution in [1.82, 2.24) is 4.90 Å². The second-order valence-electron chi connectivity index (χ2n) is 4.15. The van der Waals surface area contributed by atoms with Gasteiger partial charge >= 0.3 is 0 Å². The number of ketones is 1. The van der Waals surface area contributed by atoms with Gasteiger partial charge < -0.3 is 15.1 Å². The third kappa shape index (κ3) is 2.15. The highest BCUT2D eigenvalue weighted by Crippen LogP contribution is 2.32. The summed E-state index contributed by atoms with van der Waals surface area (Å²) in [6.07, 6.45) is 1.16. The average molecular weight is 213 g/mol. The minimum absolute atomic E-state index is 0.214. The van der Waals surface area contributed by atoms with Crippen LogP contribution in [0, 0.1) is 0 Å². The minimum atomic E-state index is -1.43. The fraction of sp³-hybridized carbons (Fsp3) is 0.727. The van der Waals surface area contributed by atoms with Crippen LogP contribution in [0.2, 0.25) is 0 Å². The summed E-state index contributed by atoms with van der Waals surface area (Å²) in [7, 11) is 0. The van der Waals surface area contributed by atoms with Gasteiger partial charge in [0, 0.05) is 19.5 Å². The maximum absolute atomic E-state index is 11.5. The van der Waals surface area contributed by atoms with Crippen LogP contribution in [0.15, 0.2) is 11.5 Å². The van der Waals surface area contributed by atoms with Crippen LogP contribution in [0.5, 0.6) is 0 Å². The van der Waals surface area contributed by atoms with Crippen molar-refractivity contribution >= 4 is 5.78 Å². The summed E-state index contributed by atoms with van der Waals surface area (Å²) < 4.78 is 0. The summed E-state index contributed by atoms with van der Waals surface area (Å²) in [5.74, 6) is -0.831. The number of rotatable bonds is 4. The summed E-state index contributed by atoms with van der Waals surface area (Å²) in [4.78, 5) is 13.4. The van der Waals surface area contributed by atoms with Gasteiger partial charge in [0.1, 0.15) is 5.60 Å². The topological polar surface area (TPSA) is 60.8 Å². The summed E-state index contributed by atoms with van der Waals surface area (Å²) in [5, 5.41) is 19.4. The van der Waals surface area contributed by atoms with Crippen molar-refractivity contribution in [1.29, 1.82) is 0 Å². The Morgan fingerprint density at radius 1 is 1.47 bits per heavy atom. The van der Waals surface area contributed by atoms with Crippen molar-refractivity contribution in [2.24, 2.45) is 0 Å². The van der Waals surface area contributed by atoms with E-state index in [1.54, 1.807) is 0 Å². The van der Waals surface area contributed by atoms with Crippen LogP contribution in [0.25, 0.3) is 0 Å². The molecule has 1 aliphatic carbocycles. The Kier molecular flexibility index (Phi) is 3.39. The van der Waals surface area contributed by atoms with E-state index in [1.165, 1.54) is 6.92 Å². The van der Waals surface area contributed by atoms with Gasteiger partial charge in [-0.3, -0.25) is 4.79 Å². The molecule has 1 unspecified atom stereocenters. The fourth-order valence-corrected chi connectivity index (χ4v) is 1.89. The minimum Gasteiger partial charge on any atom is -0.503 e. The Hall–Kier alpha value is -1.03. The van der Waals surface area contributed by atoms with E-state index in [-0.39, 0.29) is 12.2 Å². The largest absolute Gasteiger partial charge is 0.503 e. The second kappa shape index (κ2) is 4.23. The highest BCUT2D eigenvalue weighted by molar-refractivity contribution is 6.02. The maximum atomic E-state index is 11.5. The lowest BCUT2D eigenvalue weighted by Gasteiger charge is -2.24. The van der Waals surface area contributed by atoms with Crippen LogP contribution in [0.1, 0.15) is 33.6 Å². The zero-order chi connectivity index (χ0) is 11.6. The molecule has 0 spiro atoms. The summed E-state index contributed by atoms with van der Waals surface area (Å²) in [6, 6.07) is 0. The van der Waals surface area contributed by atoms with E-state index < -0.39 is 11.4 Å². The molecule has 0 amide bonds. The molecule has 0 fully saturated rings. The van der Waals surface area contributed by atoms with E-state index in [2.05, 4.69) is 0 Å². The van der Waals surface area contributed by atoms with E-state index in [1.807, 2.05) is 18.7 Å². The number of carbonyl (C=O) groups excluding carboxylic acids is 1. The van der Waals surface area contributed by atoms with Gasteiger partial charge in [0.15, 0.2) is 5.76 Å². The molecule has 86 valence electrons. The number of aliphatic hydroxyl groups excluding tert-OH is 1. The quantitative estimate of drug-likeness (QED) is 0.737. The smallest absolute Gasteiger partial charge is 0.230 e. The predicted octanol–water partition coefficient (Wildman–Crippen LogP) is 1.21. The molecule has 0 radical (unpaired) electrons. The van der Waals surface area contributed by atoms with Crippen molar-refractivity contribution in [3.05, 3.63) is 11.5 Å². The molecule has 1 atom stereocenters. The standard InChI is InChI=1S/C11H19NO3/c1-4-6-12(5-2)8-7-11(3,15)10(14)9(8)13/h13,15H,4-7H2,1-3H3. The molecule has 4 heteroatoms. The fourth-order valence-electron chi connectivity index (χ4n) is 1.89. The van der Waals surface area contributed by atoms with E-state index in [0.717, 1.165) is 19.5 Å². The number of aliphatic hydroxyl groups is 2. The van der Waals surface area contributed by atoms with Crippen molar-refractivity contribution in [2.75, 3.05) is 13.1 Å². The molecule has 0 aliphatic heterocycles. The monoisotopic (exact) mass is 213 g/mol. The van der Waals surface area contributed by atoms with E-state index >= 15 is 0 Å². The third-order valence-electron chi connectivity index (χ3n) is 2.75. The van der Waals surface area contributed by atoms with Crippen LogP contribution in [-0.2, 0) is 4.79 Å². The van der Waals surface area contributed by atoms with Gasteiger partial charge in [0.2, 0.25) is 5.78 Å². The van der Waals surface area contributed by atoms with Crippen molar-refractivity contribution in [3.63, 3.8) is 0 Å². The lowest BCUT2D eigenvalue weighted by Crippen LogP contribution is -2.32. The Labute approximate surface area is 90.2 Å². The van der Waals surface area contributed by atoms with Crippen LogP contribution < -0.4 is 0 Å². The summed E-state index contributed by atoms with van der Waals surface area (Å²) >= 11 is 0. The van der Waals surface area contributed by atoms with E-state index in [4.69, 9.17) is 0 Å². The van der Waals surface area contributed by atoms with Gasteiger partial charge in [-0.2, -0.15) is 0 Å². The summed E-state index contributed by atoms with van der Waals surface area (Å²) in [5.41, 5.74) is -0.852. The maximum Gasteiger partial charge on any atom is 0.230 e. The van der Waals surface area contributed by atoms with Gasteiger partial charge in [-0.05, 0) is 20.3 Å². The third-order valence-corrected chi connectivity index (χ3v) is 2.75.